The predicted octanol–water partition coefficient (Wildman–Crippen LogP) is 2.37. The summed E-state index contributed by atoms with van der Waals surface area (Å²) < 4.78 is 8.55. The van der Waals surface area contributed by atoms with Gasteiger partial charge in [0.25, 0.3) is 5.56 Å². The smallest absolute Gasteiger partial charge is 0.293 e. The van der Waals surface area contributed by atoms with Gasteiger partial charge in [0.15, 0.2) is 0 Å². The summed E-state index contributed by atoms with van der Waals surface area (Å²) in [5, 5.41) is 12.8. The number of hydrogen-bond acceptors (Lipinski definition) is 5. The molecule has 8 nitrogen and oxygen atoms in total. The molecule has 1 aromatic carbocycles. The lowest BCUT2D eigenvalue weighted by Crippen LogP contribution is -2.38. The van der Waals surface area contributed by atoms with Gasteiger partial charge in [0.05, 0.1) is 23.7 Å². The van der Waals surface area contributed by atoms with E-state index in [0.717, 1.165) is 60.2 Å². The van der Waals surface area contributed by atoms with Crippen LogP contribution >= 0.6 is 0 Å². The van der Waals surface area contributed by atoms with Crippen LogP contribution in [0.3, 0.4) is 0 Å². The predicted molar refractivity (Wildman–Crippen MR) is 117 cm³/mol. The van der Waals surface area contributed by atoms with Crippen molar-refractivity contribution in [3.63, 3.8) is 0 Å². The maximum absolute atomic E-state index is 13.4. The molecule has 0 bridgehead atoms. The normalized spacial score (nSPS) is 18.6. The first-order chi connectivity index (χ1) is 15.0. The summed E-state index contributed by atoms with van der Waals surface area (Å²) in [6.45, 7) is 5.14. The molecule has 1 aliphatic heterocycles. The summed E-state index contributed by atoms with van der Waals surface area (Å²) in [5.74, 6) is 0.0878. The number of rotatable bonds is 6. The Morgan fingerprint density at radius 2 is 2.10 bits per heavy atom. The highest BCUT2D eigenvalue weighted by Crippen LogP contribution is 2.41. The molecule has 2 aliphatic rings. The van der Waals surface area contributed by atoms with E-state index in [1.54, 1.807) is 10.9 Å². The summed E-state index contributed by atoms with van der Waals surface area (Å²) in [6.07, 6.45) is 5.85. The van der Waals surface area contributed by atoms with Crippen LogP contribution in [0.2, 0.25) is 0 Å². The Morgan fingerprint density at radius 1 is 1.26 bits per heavy atom. The molecule has 1 N–H and O–H groups in total. The highest BCUT2D eigenvalue weighted by Gasteiger charge is 2.30. The van der Waals surface area contributed by atoms with Gasteiger partial charge in [-0.15, -0.1) is 0 Å². The van der Waals surface area contributed by atoms with Crippen LogP contribution in [-0.4, -0.2) is 44.7 Å². The van der Waals surface area contributed by atoms with Crippen LogP contribution in [0.1, 0.15) is 48.4 Å². The van der Waals surface area contributed by atoms with E-state index in [4.69, 9.17) is 4.74 Å². The number of carbonyl (C=O) groups is 1. The van der Waals surface area contributed by atoms with Crippen molar-refractivity contribution < 1.29 is 9.53 Å². The number of hydrogen-bond donors (Lipinski definition) is 1. The van der Waals surface area contributed by atoms with Crippen molar-refractivity contribution in [3.8, 4) is 5.69 Å². The minimum Gasteiger partial charge on any atom is -0.376 e. The van der Waals surface area contributed by atoms with Crippen molar-refractivity contribution in [2.24, 2.45) is 0 Å². The minimum absolute atomic E-state index is 0.0593. The van der Waals surface area contributed by atoms with E-state index in [2.05, 4.69) is 21.6 Å². The first-order valence-electron chi connectivity index (χ1n) is 11.0. The van der Waals surface area contributed by atoms with Gasteiger partial charge in [0.1, 0.15) is 12.1 Å². The van der Waals surface area contributed by atoms with Crippen LogP contribution in [0.25, 0.3) is 16.6 Å². The molecule has 3 heterocycles. The third-order valence-corrected chi connectivity index (χ3v) is 6.10. The fourth-order valence-electron chi connectivity index (χ4n) is 4.31. The van der Waals surface area contributed by atoms with Crippen molar-refractivity contribution in [2.45, 2.75) is 58.1 Å². The molecule has 2 aromatic heterocycles. The molecule has 8 heteroatoms. The van der Waals surface area contributed by atoms with E-state index in [0.29, 0.717) is 18.0 Å². The summed E-state index contributed by atoms with van der Waals surface area (Å²) >= 11 is 0. The second-order valence-electron chi connectivity index (χ2n) is 8.67. The Hall–Kier alpha value is -3.00. The van der Waals surface area contributed by atoms with Crippen molar-refractivity contribution >= 4 is 16.8 Å². The molecule has 1 aliphatic carbocycles. The number of amides is 1. The third-order valence-electron chi connectivity index (χ3n) is 6.10. The topological polar surface area (TPSA) is 91.0 Å². The summed E-state index contributed by atoms with van der Waals surface area (Å²) in [7, 11) is 0. The Kier molecular flexibility index (Phi) is 5.09. The van der Waals surface area contributed by atoms with Crippen LogP contribution in [0, 0.1) is 13.8 Å². The van der Waals surface area contributed by atoms with Crippen LogP contribution in [-0.2, 0) is 16.1 Å². The Labute approximate surface area is 180 Å². The van der Waals surface area contributed by atoms with E-state index < -0.39 is 0 Å². The molecule has 162 valence electrons. The van der Waals surface area contributed by atoms with Crippen LogP contribution in [0.15, 0.2) is 29.2 Å². The molecule has 31 heavy (non-hydrogen) atoms. The lowest BCUT2D eigenvalue weighted by Gasteiger charge is -2.13. The number of aryl methyl sites for hydroxylation is 2. The quantitative estimate of drug-likeness (QED) is 0.660. The summed E-state index contributed by atoms with van der Waals surface area (Å²) in [4.78, 5) is 25.9. The van der Waals surface area contributed by atoms with Gasteiger partial charge in [-0.2, -0.15) is 10.2 Å². The van der Waals surface area contributed by atoms with Crippen LogP contribution in [0.5, 0.6) is 0 Å². The standard InChI is InChI=1S/C23H27N5O3/c1-14-5-8-19(15(2)10-14)28-22-18(12-25-28)21(16-6-7-16)26-27(23(22)30)13-20(29)24-11-17-4-3-9-31-17/h5,8,10,12,16-17H,3-4,6-7,9,11,13H2,1-2H3,(H,24,29). The first-order valence-corrected chi connectivity index (χ1v) is 11.0. The number of nitrogens with zero attached hydrogens (tertiary/aromatic N) is 4. The van der Waals surface area contributed by atoms with Gasteiger partial charge in [-0.05, 0) is 51.2 Å². The second-order valence-corrected chi connectivity index (χ2v) is 8.67. The second kappa shape index (κ2) is 7.92. The molecule has 1 saturated carbocycles. The van der Waals surface area contributed by atoms with Crippen molar-refractivity contribution in [1.29, 1.82) is 0 Å². The fraction of sp³-hybridized carbons (Fsp3) is 0.478. The molecule has 1 amide bonds. The molecule has 1 atom stereocenters. The average molecular weight is 422 g/mol. The van der Waals surface area contributed by atoms with Gasteiger partial charge in [0, 0.05) is 24.5 Å². The summed E-state index contributed by atoms with van der Waals surface area (Å²) in [5.41, 5.74) is 4.09. The molecule has 2 fully saturated rings. The van der Waals surface area contributed by atoms with E-state index in [1.807, 2.05) is 26.0 Å². The first kappa shape index (κ1) is 19.9. The van der Waals surface area contributed by atoms with E-state index >= 15 is 0 Å². The molecule has 0 radical (unpaired) electrons. The van der Waals surface area contributed by atoms with Gasteiger partial charge in [-0.1, -0.05) is 17.7 Å². The number of carbonyl (C=O) groups excluding carboxylic acids is 1. The molecule has 1 unspecified atom stereocenters. The van der Waals surface area contributed by atoms with E-state index in [-0.39, 0.29) is 24.1 Å². The molecule has 1 saturated heterocycles. The molecule has 0 spiro atoms. The Bertz CT molecular complexity index is 1200. The maximum Gasteiger partial charge on any atom is 0.293 e. The molecule has 5 rings (SSSR count). The average Bonchev–Trinajstić information content (AvgIpc) is 3.27. The van der Waals surface area contributed by atoms with Crippen molar-refractivity contribution in [3.05, 3.63) is 51.6 Å². The number of fused-ring (bicyclic) bond motifs is 1. The highest BCUT2D eigenvalue weighted by atomic mass is 16.5. The van der Waals surface area contributed by atoms with Crippen molar-refractivity contribution in [1.82, 2.24) is 24.9 Å². The lowest BCUT2D eigenvalue weighted by molar-refractivity contribution is -0.122. The fourth-order valence-corrected chi connectivity index (χ4v) is 4.31. The highest BCUT2D eigenvalue weighted by molar-refractivity contribution is 5.83. The van der Waals surface area contributed by atoms with E-state index in [9.17, 15) is 9.59 Å². The summed E-state index contributed by atoms with van der Waals surface area (Å²) in [6, 6.07) is 6.06. The van der Waals surface area contributed by atoms with Crippen molar-refractivity contribution in [2.75, 3.05) is 13.2 Å². The zero-order chi connectivity index (χ0) is 21.5. The Morgan fingerprint density at radius 3 is 2.81 bits per heavy atom. The zero-order valence-electron chi connectivity index (χ0n) is 17.9. The van der Waals surface area contributed by atoms with Crippen LogP contribution in [0.4, 0.5) is 0 Å². The largest absolute Gasteiger partial charge is 0.376 e. The molecular formula is C23H27N5O3. The number of ether oxygens (including phenoxy) is 1. The van der Waals surface area contributed by atoms with Gasteiger partial charge in [-0.3, -0.25) is 9.59 Å². The number of aromatic nitrogens is 4. The maximum atomic E-state index is 13.4. The Balaban J connectivity index is 1.52. The minimum atomic E-state index is -0.302. The molecular weight excluding hydrogens is 394 g/mol. The SMILES string of the molecule is Cc1ccc(-n2ncc3c(C4CC4)nn(CC(=O)NCC4CCCO4)c(=O)c32)c(C)c1. The number of benzene rings is 1. The van der Waals surface area contributed by atoms with Gasteiger partial charge >= 0.3 is 0 Å². The van der Waals surface area contributed by atoms with Gasteiger partial charge in [0.2, 0.25) is 5.91 Å². The third kappa shape index (κ3) is 3.87. The van der Waals surface area contributed by atoms with Gasteiger partial charge < -0.3 is 10.1 Å². The zero-order valence-corrected chi connectivity index (χ0v) is 17.9. The van der Waals surface area contributed by atoms with Gasteiger partial charge in [-0.25, -0.2) is 9.36 Å². The number of nitrogens with one attached hydrogen (secondary N) is 1. The lowest BCUT2D eigenvalue weighted by atomic mass is 10.1. The van der Waals surface area contributed by atoms with E-state index in [1.165, 1.54) is 4.68 Å². The van der Waals surface area contributed by atoms with Crippen LogP contribution < -0.4 is 10.9 Å². The monoisotopic (exact) mass is 421 g/mol. The molecule has 3 aromatic rings.